The molecule has 0 saturated heterocycles. The predicted octanol–water partition coefficient (Wildman–Crippen LogP) is 4.16. The Morgan fingerprint density at radius 3 is 2.86 bits per heavy atom. The van der Waals surface area contributed by atoms with Crippen molar-refractivity contribution in [2.24, 2.45) is 0 Å². The first-order valence-electron chi connectivity index (χ1n) is 6.60. The van der Waals surface area contributed by atoms with Crippen LogP contribution in [0.15, 0.2) is 51.8 Å². The Morgan fingerprint density at radius 2 is 2.14 bits per heavy atom. The number of hydrogen-bond donors (Lipinski definition) is 1. The number of amides is 1. The Kier molecular flexibility index (Phi) is 4.26. The molecule has 0 aliphatic carbocycles. The molecule has 2 heterocycles. The molecule has 1 N–H and O–H groups in total. The van der Waals surface area contributed by atoms with Crippen molar-refractivity contribution < 1.29 is 4.79 Å². The van der Waals surface area contributed by atoms with Crippen LogP contribution in [0, 0.1) is 0 Å². The van der Waals surface area contributed by atoms with E-state index in [1.54, 1.807) is 30.2 Å². The Balaban J connectivity index is 1.90. The summed E-state index contributed by atoms with van der Waals surface area (Å²) >= 11 is 6.82. The van der Waals surface area contributed by atoms with Crippen molar-refractivity contribution in [2.75, 3.05) is 5.32 Å². The fraction of sp³-hybridized carbons (Fsp3) is 0.133. The number of hydrogen-bond acceptors (Lipinski definition) is 3. The molecular formula is C15H12Br2N4O. The van der Waals surface area contributed by atoms with E-state index < -0.39 is 6.04 Å². The summed E-state index contributed by atoms with van der Waals surface area (Å²) in [5, 5.41) is 8.02. The van der Waals surface area contributed by atoms with Gasteiger partial charge >= 0.3 is 0 Å². The molecule has 5 nitrogen and oxygen atoms in total. The highest BCUT2D eigenvalue weighted by atomic mass is 79.9. The maximum absolute atomic E-state index is 12.4. The highest BCUT2D eigenvalue weighted by molar-refractivity contribution is 9.11. The van der Waals surface area contributed by atoms with E-state index in [9.17, 15) is 4.79 Å². The molecule has 0 aliphatic rings. The van der Waals surface area contributed by atoms with Gasteiger partial charge in [-0.1, -0.05) is 22.0 Å². The van der Waals surface area contributed by atoms with Gasteiger partial charge in [-0.05, 0) is 41.1 Å². The van der Waals surface area contributed by atoms with Gasteiger partial charge in [0.25, 0.3) is 0 Å². The van der Waals surface area contributed by atoms with E-state index in [1.165, 1.54) is 0 Å². The molecule has 0 aliphatic heterocycles. The molecule has 3 rings (SSSR count). The number of aromatic nitrogens is 3. The number of nitrogens with one attached hydrogen (secondary N) is 1. The molecule has 0 radical (unpaired) electrons. The molecule has 0 fully saturated rings. The van der Waals surface area contributed by atoms with E-state index in [0.29, 0.717) is 5.69 Å². The summed E-state index contributed by atoms with van der Waals surface area (Å²) in [5.74, 6) is -0.148. The first-order chi connectivity index (χ1) is 10.6. The number of carbonyl (C=O) groups is 1. The van der Waals surface area contributed by atoms with Crippen molar-refractivity contribution in [1.29, 1.82) is 0 Å². The number of benzene rings is 1. The number of fused-ring (bicyclic) bond motifs is 1. The van der Waals surface area contributed by atoms with Gasteiger partial charge in [0, 0.05) is 22.3 Å². The second kappa shape index (κ2) is 6.18. The van der Waals surface area contributed by atoms with E-state index in [-0.39, 0.29) is 5.91 Å². The Labute approximate surface area is 144 Å². The lowest BCUT2D eigenvalue weighted by molar-refractivity contribution is -0.119. The van der Waals surface area contributed by atoms with Crippen LogP contribution in [-0.4, -0.2) is 20.7 Å². The van der Waals surface area contributed by atoms with Crippen molar-refractivity contribution in [2.45, 2.75) is 13.0 Å². The zero-order chi connectivity index (χ0) is 15.7. The second-order valence-corrected chi connectivity index (χ2v) is 6.57. The smallest absolute Gasteiger partial charge is 0.249 e. The minimum Gasteiger partial charge on any atom is -0.322 e. The second-order valence-electron chi connectivity index (χ2n) is 4.80. The average molecular weight is 424 g/mol. The number of nitrogens with zero attached hydrogens (tertiary/aromatic N) is 3. The zero-order valence-corrected chi connectivity index (χ0v) is 14.8. The lowest BCUT2D eigenvalue weighted by Gasteiger charge is -2.14. The van der Waals surface area contributed by atoms with Crippen LogP contribution in [0.25, 0.3) is 10.9 Å². The molecular weight excluding hydrogens is 412 g/mol. The van der Waals surface area contributed by atoms with Crippen LogP contribution in [0.2, 0.25) is 0 Å². The van der Waals surface area contributed by atoms with Crippen LogP contribution in [0.3, 0.4) is 0 Å². The van der Waals surface area contributed by atoms with E-state index in [0.717, 1.165) is 19.8 Å². The summed E-state index contributed by atoms with van der Waals surface area (Å²) < 4.78 is 3.38. The lowest BCUT2D eigenvalue weighted by atomic mass is 10.2. The molecule has 1 atom stereocenters. The number of anilines is 1. The van der Waals surface area contributed by atoms with Crippen LogP contribution in [0.4, 0.5) is 5.69 Å². The highest BCUT2D eigenvalue weighted by Gasteiger charge is 2.17. The van der Waals surface area contributed by atoms with Crippen LogP contribution in [0.1, 0.15) is 13.0 Å². The van der Waals surface area contributed by atoms with E-state index in [2.05, 4.69) is 47.3 Å². The SMILES string of the molecule is CC(C(=O)Nc1ccc(Br)c2cccnc12)n1cc(Br)cn1. The molecule has 0 bridgehead atoms. The third-order valence-electron chi connectivity index (χ3n) is 3.32. The van der Waals surface area contributed by atoms with Crippen molar-refractivity contribution in [1.82, 2.24) is 14.8 Å². The largest absolute Gasteiger partial charge is 0.322 e. The van der Waals surface area contributed by atoms with Gasteiger partial charge in [-0.3, -0.25) is 14.5 Å². The van der Waals surface area contributed by atoms with Crippen molar-refractivity contribution in [3.05, 3.63) is 51.8 Å². The summed E-state index contributed by atoms with van der Waals surface area (Å²) in [6.07, 6.45) is 5.13. The Bertz CT molecular complexity index is 846. The zero-order valence-electron chi connectivity index (χ0n) is 11.6. The minimum atomic E-state index is -0.422. The summed E-state index contributed by atoms with van der Waals surface area (Å²) in [5.41, 5.74) is 1.43. The van der Waals surface area contributed by atoms with Crippen LogP contribution in [-0.2, 0) is 4.79 Å². The van der Waals surface area contributed by atoms with Crippen LogP contribution in [0.5, 0.6) is 0 Å². The first kappa shape index (κ1) is 15.2. The standard InChI is InChI=1S/C15H12Br2N4O/c1-9(21-8-10(16)7-19-21)15(22)20-13-5-4-12(17)11-3-2-6-18-14(11)13/h2-9H,1H3,(H,20,22). The van der Waals surface area contributed by atoms with Crippen molar-refractivity contribution >= 4 is 54.4 Å². The van der Waals surface area contributed by atoms with Gasteiger partial charge in [0.05, 0.1) is 21.9 Å². The normalized spacial score (nSPS) is 12.3. The molecule has 7 heteroatoms. The van der Waals surface area contributed by atoms with Gasteiger partial charge in [0.2, 0.25) is 5.91 Å². The molecule has 112 valence electrons. The maximum Gasteiger partial charge on any atom is 0.249 e. The van der Waals surface area contributed by atoms with E-state index >= 15 is 0 Å². The molecule has 1 amide bonds. The lowest BCUT2D eigenvalue weighted by Crippen LogP contribution is -2.24. The summed E-state index contributed by atoms with van der Waals surface area (Å²) in [7, 11) is 0. The molecule has 1 unspecified atom stereocenters. The van der Waals surface area contributed by atoms with Crippen LogP contribution >= 0.6 is 31.9 Å². The predicted molar refractivity (Wildman–Crippen MR) is 92.7 cm³/mol. The van der Waals surface area contributed by atoms with Crippen molar-refractivity contribution in [3.8, 4) is 0 Å². The average Bonchev–Trinajstić information content (AvgIpc) is 2.96. The summed E-state index contributed by atoms with van der Waals surface area (Å²) in [4.78, 5) is 16.8. The third kappa shape index (κ3) is 2.91. The minimum absolute atomic E-state index is 0.148. The van der Waals surface area contributed by atoms with Gasteiger partial charge in [-0.2, -0.15) is 5.10 Å². The quantitative estimate of drug-likeness (QED) is 0.688. The molecule has 0 saturated carbocycles. The molecule has 0 spiro atoms. The Hall–Kier alpha value is -1.73. The van der Waals surface area contributed by atoms with E-state index in [1.807, 2.05) is 24.3 Å². The fourth-order valence-corrected chi connectivity index (χ4v) is 2.88. The van der Waals surface area contributed by atoms with Gasteiger partial charge in [-0.25, -0.2) is 0 Å². The number of halogens is 2. The third-order valence-corrected chi connectivity index (χ3v) is 4.42. The van der Waals surface area contributed by atoms with Gasteiger partial charge in [0.15, 0.2) is 0 Å². The summed E-state index contributed by atoms with van der Waals surface area (Å²) in [6, 6.07) is 7.13. The van der Waals surface area contributed by atoms with Gasteiger partial charge in [0.1, 0.15) is 6.04 Å². The topological polar surface area (TPSA) is 59.8 Å². The number of rotatable bonds is 3. The monoisotopic (exact) mass is 422 g/mol. The van der Waals surface area contributed by atoms with Crippen molar-refractivity contribution in [3.63, 3.8) is 0 Å². The number of pyridine rings is 1. The van der Waals surface area contributed by atoms with E-state index in [4.69, 9.17) is 0 Å². The van der Waals surface area contributed by atoms with Gasteiger partial charge < -0.3 is 5.32 Å². The maximum atomic E-state index is 12.4. The molecule has 22 heavy (non-hydrogen) atoms. The fourth-order valence-electron chi connectivity index (χ4n) is 2.12. The van der Waals surface area contributed by atoms with Gasteiger partial charge in [-0.15, -0.1) is 0 Å². The molecule has 3 aromatic rings. The molecule has 2 aromatic heterocycles. The highest BCUT2D eigenvalue weighted by Crippen LogP contribution is 2.28. The molecule has 1 aromatic carbocycles. The number of carbonyl (C=O) groups excluding carboxylic acids is 1. The van der Waals surface area contributed by atoms with Crippen LogP contribution < -0.4 is 5.32 Å². The summed E-state index contributed by atoms with van der Waals surface area (Å²) in [6.45, 7) is 1.79. The Morgan fingerprint density at radius 1 is 1.32 bits per heavy atom. The first-order valence-corrected chi connectivity index (χ1v) is 8.18.